The highest BCUT2D eigenvalue weighted by Gasteiger charge is 2.02. The average Bonchev–Trinajstić information content (AvgIpc) is 2.17. The van der Waals surface area contributed by atoms with E-state index in [4.69, 9.17) is 4.74 Å². The predicted molar refractivity (Wildman–Crippen MR) is 63.7 cm³/mol. The predicted octanol–water partition coefficient (Wildman–Crippen LogP) is 3.71. The Balaban J connectivity index is 3.33. The summed E-state index contributed by atoms with van der Waals surface area (Å²) < 4.78 is 5.04. The zero-order chi connectivity index (χ0) is 11.5. The van der Waals surface area contributed by atoms with Crippen LogP contribution in [-0.2, 0) is 9.53 Å². The summed E-state index contributed by atoms with van der Waals surface area (Å²) in [5.41, 5.74) is 0. The third-order valence-corrected chi connectivity index (χ3v) is 2.12. The molecule has 15 heavy (non-hydrogen) atoms. The smallest absolute Gasteiger partial charge is 0.306 e. The Labute approximate surface area is 93.7 Å². The number of carbonyl (C=O) groups excluding carboxylic acids is 1. The number of unbranched alkanes of at least 4 members (excludes halogenated alkanes) is 1. The summed E-state index contributed by atoms with van der Waals surface area (Å²) in [6.45, 7) is 6.89. The van der Waals surface area contributed by atoms with Crippen LogP contribution >= 0.6 is 0 Å². The van der Waals surface area contributed by atoms with Crippen molar-refractivity contribution in [3.8, 4) is 0 Å². The largest absolute Gasteiger partial charge is 0.461 e. The van der Waals surface area contributed by atoms with E-state index >= 15 is 0 Å². The number of hydrogen-bond donors (Lipinski definition) is 0. The van der Waals surface area contributed by atoms with Crippen molar-refractivity contribution in [3.05, 3.63) is 12.2 Å². The highest BCUT2D eigenvalue weighted by atomic mass is 16.5. The van der Waals surface area contributed by atoms with Crippen LogP contribution in [0.2, 0.25) is 0 Å². The standard InChI is InChI=1S/C13H24O2/c1-4-5-6-7-11-15-13(14)10-8-9-12(2)3/h6-7,12H,4-5,8-11H2,1-3H3. The van der Waals surface area contributed by atoms with Crippen LogP contribution in [0.15, 0.2) is 12.2 Å². The molecule has 88 valence electrons. The van der Waals surface area contributed by atoms with Gasteiger partial charge < -0.3 is 4.74 Å². The molecule has 0 saturated heterocycles. The molecule has 0 amide bonds. The second kappa shape index (κ2) is 9.75. The van der Waals surface area contributed by atoms with E-state index in [1.165, 1.54) is 0 Å². The normalized spacial score (nSPS) is 11.2. The molecule has 0 bridgehead atoms. The van der Waals surface area contributed by atoms with Crippen LogP contribution in [0.3, 0.4) is 0 Å². The van der Waals surface area contributed by atoms with Gasteiger partial charge in [-0.3, -0.25) is 4.79 Å². The van der Waals surface area contributed by atoms with Gasteiger partial charge in [-0.2, -0.15) is 0 Å². The molecule has 0 rings (SSSR count). The molecule has 0 radical (unpaired) electrons. The summed E-state index contributed by atoms with van der Waals surface area (Å²) in [4.78, 5) is 11.2. The fourth-order valence-electron chi connectivity index (χ4n) is 1.22. The topological polar surface area (TPSA) is 26.3 Å². The highest BCUT2D eigenvalue weighted by Crippen LogP contribution is 2.06. The third-order valence-electron chi connectivity index (χ3n) is 2.12. The van der Waals surface area contributed by atoms with Crippen LogP contribution < -0.4 is 0 Å². The van der Waals surface area contributed by atoms with E-state index in [0.717, 1.165) is 25.7 Å². The number of hydrogen-bond acceptors (Lipinski definition) is 2. The van der Waals surface area contributed by atoms with E-state index in [1.54, 1.807) is 0 Å². The van der Waals surface area contributed by atoms with Crippen LogP contribution in [0.25, 0.3) is 0 Å². The first-order valence-corrected chi connectivity index (χ1v) is 5.97. The molecular formula is C13H24O2. The Morgan fingerprint density at radius 1 is 1.33 bits per heavy atom. The fraction of sp³-hybridized carbons (Fsp3) is 0.769. The van der Waals surface area contributed by atoms with Crippen molar-refractivity contribution >= 4 is 5.97 Å². The van der Waals surface area contributed by atoms with Crippen LogP contribution in [-0.4, -0.2) is 12.6 Å². The number of carbonyl (C=O) groups is 1. The van der Waals surface area contributed by atoms with Crippen LogP contribution in [0.4, 0.5) is 0 Å². The molecular weight excluding hydrogens is 188 g/mol. The molecule has 0 unspecified atom stereocenters. The first kappa shape index (κ1) is 14.2. The summed E-state index contributed by atoms with van der Waals surface area (Å²) in [6, 6.07) is 0. The van der Waals surface area contributed by atoms with Crippen LogP contribution in [0.1, 0.15) is 52.9 Å². The van der Waals surface area contributed by atoms with Gasteiger partial charge in [0, 0.05) is 6.42 Å². The Hall–Kier alpha value is -0.790. The van der Waals surface area contributed by atoms with Crippen molar-refractivity contribution < 1.29 is 9.53 Å². The molecule has 0 aliphatic heterocycles. The zero-order valence-electron chi connectivity index (χ0n) is 10.3. The summed E-state index contributed by atoms with van der Waals surface area (Å²) in [7, 11) is 0. The van der Waals surface area contributed by atoms with Crippen LogP contribution in [0.5, 0.6) is 0 Å². The Morgan fingerprint density at radius 3 is 2.67 bits per heavy atom. The maximum atomic E-state index is 11.2. The minimum atomic E-state index is -0.0724. The highest BCUT2D eigenvalue weighted by molar-refractivity contribution is 5.69. The second-order valence-corrected chi connectivity index (χ2v) is 4.23. The summed E-state index contributed by atoms with van der Waals surface area (Å²) in [6.07, 6.45) is 8.77. The molecule has 0 N–H and O–H groups in total. The van der Waals surface area contributed by atoms with Crippen molar-refractivity contribution in [2.75, 3.05) is 6.61 Å². The number of rotatable bonds is 8. The lowest BCUT2D eigenvalue weighted by Gasteiger charge is -2.04. The minimum absolute atomic E-state index is 0.0724. The monoisotopic (exact) mass is 212 g/mol. The van der Waals surface area contributed by atoms with Crippen molar-refractivity contribution in [2.24, 2.45) is 5.92 Å². The van der Waals surface area contributed by atoms with Gasteiger partial charge in [-0.25, -0.2) is 0 Å². The van der Waals surface area contributed by atoms with E-state index in [2.05, 4.69) is 26.8 Å². The van der Waals surface area contributed by atoms with Gasteiger partial charge in [0.1, 0.15) is 6.61 Å². The summed E-state index contributed by atoms with van der Waals surface area (Å²) in [5.74, 6) is 0.596. The van der Waals surface area contributed by atoms with E-state index < -0.39 is 0 Å². The van der Waals surface area contributed by atoms with E-state index in [9.17, 15) is 4.79 Å². The maximum absolute atomic E-state index is 11.2. The maximum Gasteiger partial charge on any atom is 0.306 e. The Bertz CT molecular complexity index is 183. The fourth-order valence-corrected chi connectivity index (χ4v) is 1.22. The van der Waals surface area contributed by atoms with Crippen molar-refractivity contribution in [1.82, 2.24) is 0 Å². The summed E-state index contributed by atoms with van der Waals surface area (Å²) >= 11 is 0. The number of allylic oxidation sites excluding steroid dienone is 1. The Morgan fingerprint density at radius 2 is 2.07 bits per heavy atom. The SMILES string of the molecule is CCCC=CCOC(=O)CCCC(C)C. The lowest BCUT2D eigenvalue weighted by molar-refractivity contribution is -0.142. The first-order chi connectivity index (χ1) is 7.16. The van der Waals surface area contributed by atoms with Crippen molar-refractivity contribution in [2.45, 2.75) is 52.9 Å². The molecule has 0 aromatic carbocycles. The quantitative estimate of drug-likeness (QED) is 0.453. The lowest BCUT2D eigenvalue weighted by atomic mass is 10.1. The van der Waals surface area contributed by atoms with Gasteiger partial charge in [-0.05, 0) is 18.8 Å². The van der Waals surface area contributed by atoms with Gasteiger partial charge in [-0.15, -0.1) is 0 Å². The molecule has 2 nitrogen and oxygen atoms in total. The van der Waals surface area contributed by atoms with Gasteiger partial charge in [0.25, 0.3) is 0 Å². The molecule has 0 fully saturated rings. The molecule has 0 aromatic heterocycles. The van der Waals surface area contributed by atoms with Gasteiger partial charge in [0.05, 0.1) is 0 Å². The molecule has 0 aliphatic rings. The molecule has 0 atom stereocenters. The molecule has 2 heteroatoms. The molecule has 0 aliphatic carbocycles. The molecule has 0 heterocycles. The van der Waals surface area contributed by atoms with Gasteiger partial charge in [-0.1, -0.05) is 45.8 Å². The third kappa shape index (κ3) is 11.1. The molecule has 0 aromatic rings. The minimum Gasteiger partial charge on any atom is -0.461 e. The number of ether oxygens (including phenoxy) is 1. The summed E-state index contributed by atoms with van der Waals surface area (Å²) in [5, 5.41) is 0. The van der Waals surface area contributed by atoms with Gasteiger partial charge >= 0.3 is 5.97 Å². The average molecular weight is 212 g/mol. The molecule has 0 saturated carbocycles. The van der Waals surface area contributed by atoms with E-state index in [0.29, 0.717) is 18.9 Å². The number of esters is 1. The zero-order valence-corrected chi connectivity index (χ0v) is 10.3. The van der Waals surface area contributed by atoms with E-state index in [1.807, 2.05) is 6.08 Å². The Kier molecular flexibility index (Phi) is 9.24. The van der Waals surface area contributed by atoms with Crippen LogP contribution in [0, 0.1) is 5.92 Å². The first-order valence-electron chi connectivity index (χ1n) is 5.97. The van der Waals surface area contributed by atoms with E-state index in [-0.39, 0.29) is 5.97 Å². The lowest BCUT2D eigenvalue weighted by Crippen LogP contribution is -2.04. The molecule has 0 spiro atoms. The van der Waals surface area contributed by atoms with Crippen molar-refractivity contribution in [3.63, 3.8) is 0 Å². The second-order valence-electron chi connectivity index (χ2n) is 4.23. The van der Waals surface area contributed by atoms with Crippen molar-refractivity contribution in [1.29, 1.82) is 0 Å². The van der Waals surface area contributed by atoms with Gasteiger partial charge in [0.15, 0.2) is 0 Å². The van der Waals surface area contributed by atoms with Gasteiger partial charge in [0.2, 0.25) is 0 Å².